The first-order valence-electron chi connectivity index (χ1n) is 6.97. The van der Waals surface area contributed by atoms with Crippen LogP contribution in [0.5, 0.6) is 0 Å². The zero-order valence-electron chi connectivity index (χ0n) is 12.8. The lowest BCUT2D eigenvalue weighted by Gasteiger charge is -2.46. The van der Waals surface area contributed by atoms with Crippen molar-refractivity contribution >= 4 is 5.69 Å². The maximum absolute atomic E-state index is 6.28. The number of likely N-dealkylation sites (N-methyl/N-ethyl adjacent to an activating group) is 1. The molecule has 108 valence electrons. The molecule has 1 atom stereocenters. The highest BCUT2D eigenvalue weighted by Gasteiger charge is 2.65. The smallest absolute Gasteiger partial charge is 0.249 e. The molecular formula is C15H22N4O. The van der Waals surface area contributed by atoms with Gasteiger partial charge in [-0.1, -0.05) is 23.4 Å². The Morgan fingerprint density at radius 2 is 1.75 bits per heavy atom. The molecule has 0 aliphatic carbocycles. The van der Waals surface area contributed by atoms with E-state index in [-0.39, 0.29) is 5.54 Å². The van der Waals surface area contributed by atoms with Crippen LogP contribution in [0.4, 0.5) is 5.69 Å². The summed E-state index contributed by atoms with van der Waals surface area (Å²) in [5, 5.41) is 10.8. The lowest BCUT2D eigenvalue weighted by Crippen LogP contribution is -2.66. The molecular weight excluding hydrogens is 252 g/mol. The second-order valence-corrected chi connectivity index (χ2v) is 6.66. The minimum atomic E-state index is -0.669. The summed E-state index contributed by atoms with van der Waals surface area (Å²) in [7, 11) is 2.08. The molecule has 1 spiro atoms. The average molecular weight is 274 g/mol. The van der Waals surface area contributed by atoms with E-state index >= 15 is 0 Å². The number of ether oxygens (including phenoxy) is 1. The van der Waals surface area contributed by atoms with Gasteiger partial charge in [0.25, 0.3) is 0 Å². The van der Waals surface area contributed by atoms with Crippen LogP contribution in [0, 0.1) is 0 Å². The number of hydrogen-bond acceptors (Lipinski definition) is 5. The number of hydrogen-bond donors (Lipinski definition) is 0. The molecule has 0 amide bonds. The molecule has 5 heteroatoms. The molecule has 0 radical (unpaired) electrons. The van der Waals surface area contributed by atoms with Crippen LogP contribution in [-0.2, 0) is 4.74 Å². The predicted molar refractivity (Wildman–Crippen MR) is 78.4 cm³/mol. The molecule has 3 rings (SSSR count). The van der Waals surface area contributed by atoms with Crippen LogP contribution >= 0.6 is 0 Å². The van der Waals surface area contributed by atoms with Gasteiger partial charge in [0.2, 0.25) is 5.85 Å². The summed E-state index contributed by atoms with van der Waals surface area (Å²) in [5.74, 6) is -0.669. The molecule has 2 aliphatic rings. The van der Waals surface area contributed by atoms with Crippen LogP contribution in [0.25, 0.3) is 0 Å². The molecule has 5 nitrogen and oxygen atoms in total. The first kappa shape index (κ1) is 13.5. The Hall–Kier alpha value is -1.46. The van der Waals surface area contributed by atoms with Crippen molar-refractivity contribution in [3.05, 3.63) is 30.3 Å². The average Bonchev–Trinajstić information content (AvgIpc) is 2.81. The standard InChI is InChI=1S/C15H22N4O/c1-13(2)11-20-15(18(13)5)14(3,4)16-17-19(15)12-9-7-6-8-10-12/h6-10H,11H2,1-5H3. The summed E-state index contributed by atoms with van der Waals surface area (Å²) < 4.78 is 6.28. The van der Waals surface area contributed by atoms with Gasteiger partial charge in [-0.25, -0.2) is 4.90 Å². The number of rotatable bonds is 1. The van der Waals surface area contributed by atoms with Crippen molar-refractivity contribution in [1.29, 1.82) is 0 Å². The largest absolute Gasteiger partial charge is 0.337 e. The third-order valence-corrected chi connectivity index (χ3v) is 4.46. The van der Waals surface area contributed by atoms with Gasteiger partial charge < -0.3 is 4.74 Å². The van der Waals surface area contributed by atoms with Crippen LogP contribution in [0.3, 0.4) is 0 Å². The SMILES string of the molecule is CN1C(C)(C)COC12N(c1ccccc1)N=NC2(C)C. The molecule has 2 aliphatic heterocycles. The highest BCUT2D eigenvalue weighted by molar-refractivity contribution is 5.49. The number of nitrogens with zero attached hydrogens (tertiary/aromatic N) is 4. The molecule has 0 aromatic heterocycles. The monoisotopic (exact) mass is 274 g/mol. The van der Waals surface area contributed by atoms with Crippen molar-refractivity contribution in [3.8, 4) is 0 Å². The van der Waals surface area contributed by atoms with E-state index in [2.05, 4.69) is 50.0 Å². The third kappa shape index (κ3) is 1.56. The first-order valence-corrected chi connectivity index (χ1v) is 6.97. The molecule has 1 unspecified atom stereocenters. The van der Waals surface area contributed by atoms with E-state index in [0.717, 1.165) is 5.69 Å². The van der Waals surface area contributed by atoms with Gasteiger partial charge in [-0.15, -0.1) is 0 Å². The van der Waals surface area contributed by atoms with Crippen LogP contribution in [0.1, 0.15) is 27.7 Å². The molecule has 1 aromatic carbocycles. The highest BCUT2D eigenvalue weighted by Crippen LogP contribution is 2.49. The van der Waals surface area contributed by atoms with Crippen molar-refractivity contribution in [1.82, 2.24) is 4.90 Å². The van der Waals surface area contributed by atoms with E-state index in [4.69, 9.17) is 4.74 Å². The fraction of sp³-hybridized carbons (Fsp3) is 0.600. The van der Waals surface area contributed by atoms with E-state index < -0.39 is 11.4 Å². The predicted octanol–water partition coefficient (Wildman–Crippen LogP) is 3.05. The number of anilines is 1. The van der Waals surface area contributed by atoms with Gasteiger partial charge in [0.1, 0.15) is 5.54 Å². The van der Waals surface area contributed by atoms with E-state index in [1.807, 2.05) is 35.3 Å². The maximum Gasteiger partial charge on any atom is 0.249 e. The molecule has 1 fully saturated rings. The minimum absolute atomic E-state index is 0.0559. The normalized spacial score (nSPS) is 31.4. The van der Waals surface area contributed by atoms with Gasteiger partial charge in [0.05, 0.1) is 12.3 Å². The Balaban J connectivity index is 2.11. The second-order valence-electron chi connectivity index (χ2n) is 6.66. The zero-order valence-corrected chi connectivity index (χ0v) is 12.8. The van der Waals surface area contributed by atoms with E-state index in [1.165, 1.54) is 0 Å². The Kier molecular flexibility index (Phi) is 2.72. The summed E-state index contributed by atoms with van der Waals surface area (Å²) in [5.41, 5.74) is 0.497. The summed E-state index contributed by atoms with van der Waals surface area (Å²) in [6, 6.07) is 10.1. The third-order valence-electron chi connectivity index (χ3n) is 4.46. The quantitative estimate of drug-likeness (QED) is 0.790. The van der Waals surface area contributed by atoms with Crippen LogP contribution in [0.15, 0.2) is 40.7 Å². The second kappa shape index (κ2) is 4.02. The van der Waals surface area contributed by atoms with Crippen LogP contribution in [0.2, 0.25) is 0 Å². The summed E-state index contributed by atoms with van der Waals surface area (Å²) in [4.78, 5) is 2.24. The fourth-order valence-corrected chi connectivity index (χ4v) is 3.01. The molecule has 0 saturated carbocycles. The summed E-state index contributed by atoms with van der Waals surface area (Å²) in [6.07, 6.45) is 0. The Labute approximate surface area is 120 Å². The van der Waals surface area contributed by atoms with Gasteiger partial charge in [-0.3, -0.25) is 0 Å². The van der Waals surface area contributed by atoms with E-state index in [9.17, 15) is 0 Å². The first-order chi connectivity index (χ1) is 9.31. The van der Waals surface area contributed by atoms with Gasteiger partial charge in [-0.05, 0) is 46.9 Å². The molecule has 1 saturated heterocycles. The van der Waals surface area contributed by atoms with Gasteiger partial charge >= 0.3 is 0 Å². The molecule has 2 heterocycles. The Morgan fingerprint density at radius 1 is 1.10 bits per heavy atom. The molecule has 0 bridgehead atoms. The van der Waals surface area contributed by atoms with Crippen molar-refractivity contribution in [2.24, 2.45) is 10.3 Å². The van der Waals surface area contributed by atoms with Crippen molar-refractivity contribution in [2.75, 3.05) is 18.7 Å². The van der Waals surface area contributed by atoms with E-state index in [1.54, 1.807) is 0 Å². The van der Waals surface area contributed by atoms with Crippen molar-refractivity contribution in [2.45, 2.75) is 44.6 Å². The van der Waals surface area contributed by atoms with Gasteiger partial charge in [0, 0.05) is 5.54 Å². The minimum Gasteiger partial charge on any atom is -0.337 e. The lowest BCUT2D eigenvalue weighted by atomic mass is 9.95. The summed E-state index contributed by atoms with van der Waals surface area (Å²) >= 11 is 0. The van der Waals surface area contributed by atoms with Crippen molar-refractivity contribution in [3.63, 3.8) is 0 Å². The van der Waals surface area contributed by atoms with Crippen molar-refractivity contribution < 1.29 is 4.74 Å². The lowest BCUT2D eigenvalue weighted by molar-refractivity contribution is -0.111. The Morgan fingerprint density at radius 3 is 2.30 bits per heavy atom. The number of benzene rings is 1. The molecule has 0 N–H and O–H groups in total. The van der Waals surface area contributed by atoms with E-state index in [0.29, 0.717) is 6.61 Å². The van der Waals surface area contributed by atoms with Crippen LogP contribution < -0.4 is 5.01 Å². The maximum atomic E-state index is 6.28. The fourth-order valence-electron chi connectivity index (χ4n) is 3.01. The highest BCUT2D eigenvalue weighted by atomic mass is 16.6. The van der Waals surface area contributed by atoms with Crippen LogP contribution in [-0.4, -0.2) is 35.5 Å². The van der Waals surface area contributed by atoms with Gasteiger partial charge in [-0.2, -0.15) is 10.1 Å². The number of para-hydroxylation sites is 1. The molecule has 1 aromatic rings. The summed E-state index contributed by atoms with van der Waals surface area (Å²) in [6.45, 7) is 9.15. The topological polar surface area (TPSA) is 40.4 Å². The zero-order chi connectivity index (χ0) is 14.6. The van der Waals surface area contributed by atoms with Gasteiger partial charge in [0.15, 0.2) is 0 Å². The molecule has 20 heavy (non-hydrogen) atoms. The Bertz CT molecular complexity index is 540.